The number of amides is 3. The lowest BCUT2D eigenvalue weighted by atomic mass is 9.97. The zero-order valence-electron chi connectivity index (χ0n) is 20.5. The van der Waals surface area contributed by atoms with Crippen LogP contribution in [0.5, 0.6) is 0 Å². The number of imide groups is 1. The molecule has 1 saturated heterocycles. The summed E-state index contributed by atoms with van der Waals surface area (Å²) in [6.07, 6.45) is -4.01. The van der Waals surface area contributed by atoms with Crippen LogP contribution in [-0.4, -0.2) is 34.4 Å². The number of carbonyl (C=O) groups excluding carboxylic acids is 4. The Balaban J connectivity index is 1.63. The van der Waals surface area contributed by atoms with E-state index in [0.717, 1.165) is 23.1 Å². The molecule has 1 unspecified atom stereocenters. The molecule has 2 aromatic carbocycles. The van der Waals surface area contributed by atoms with Crippen molar-refractivity contribution in [2.75, 3.05) is 0 Å². The predicted molar refractivity (Wildman–Crippen MR) is 111 cm³/mol. The number of carbonyl (C=O) groups is 4. The Labute approximate surface area is 193 Å². The molecule has 3 amide bonds. The van der Waals surface area contributed by atoms with E-state index in [2.05, 4.69) is 5.32 Å². The summed E-state index contributed by atoms with van der Waals surface area (Å²) in [5, 5.41) is 2.31. The van der Waals surface area contributed by atoms with Crippen LogP contribution in [0.25, 0.3) is 0 Å². The summed E-state index contributed by atoms with van der Waals surface area (Å²) in [6.45, 7) is -0.302. The standard InChI is InChI=1S/C23H19ClF2N2O4/c24-16-5-3-15(4-6-16)23(25,26)19(29)9-2-13-1-7-17-14(11-13)12-28(22(17)32)18-8-10-20(30)27-21(18)31/h1,3-7,11,18H,2,8-10,12H2,(H,27,30,31)/i2D2,7D,11D. The normalized spacial score (nSPS) is 20.8. The molecule has 2 aromatic rings. The largest absolute Gasteiger partial charge is 0.330 e. The maximum Gasteiger partial charge on any atom is 0.330 e. The molecule has 2 heterocycles. The monoisotopic (exact) mass is 464 g/mol. The lowest BCUT2D eigenvalue weighted by Gasteiger charge is -2.29. The Kier molecular flexibility index (Phi) is 4.59. The highest BCUT2D eigenvalue weighted by Gasteiger charge is 2.41. The van der Waals surface area contributed by atoms with Gasteiger partial charge in [-0.1, -0.05) is 35.8 Å². The molecule has 9 heteroatoms. The fourth-order valence-corrected chi connectivity index (χ4v) is 3.75. The average molecular weight is 465 g/mol. The van der Waals surface area contributed by atoms with Gasteiger partial charge in [0.25, 0.3) is 5.91 Å². The number of rotatable bonds is 6. The van der Waals surface area contributed by atoms with Crippen molar-refractivity contribution in [2.24, 2.45) is 0 Å². The van der Waals surface area contributed by atoms with Crippen molar-refractivity contribution >= 4 is 35.1 Å². The average Bonchev–Trinajstić information content (AvgIpc) is 3.14. The molecule has 166 valence electrons. The van der Waals surface area contributed by atoms with Crippen LogP contribution in [0, 0.1) is 0 Å². The fraction of sp³-hybridized carbons (Fsp3) is 0.304. The van der Waals surface area contributed by atoms with E-state index in [-0.39, 0.29) is 35.5 Å². The molecule has 0 aromatic heterocycles. The van der Waals surface area contributed by atoms with E-state index in [0.29, 0.717) is 0 Å². The van der Waals surface area contributed by atoms with E-state index in [4.69, 9.17) is 17.1 Å². The van der Waals surface area contributed by atoms with Gasteiger partial charge < -0.3 is 4.90 Å². The van der Waals surface area contributed by atoms with E-state index < -0.39 is 71.5 Å². The number of Topliss-reactive ketones (excluding diaryl/α,β-unsaturated/α-hetero) is 1. The molecule has 6 nitrogen and oxygen atoms in total. The second-order valence-electron chi connectivity index (χ2n) is 7.44. The van der Waals surface area contributed by atoms with Gasteiger partial charge in [-0.05, 0) is 42.1 Å². The molecular formula is C23H19ClF2N2O4. The van der Waals surface area contributed by atoms with Crippen LogP contribution in [0.1, 0.15) is 51.8 Å². The van der Waals surface area contributed by atoms with Gasteiger partial charge in [-0.15, -0.1) is 0 Å². The minimum atomic E-state index is -4.03. The molecule has 1 fully saturated rings. The van der Waals surface area contributed by atoms with E-state index in [1.54, 1.807) is 0 Å². The van der Waals surface area contributed by atoms with Crippen molar-refractivity contribution in [3.63, 3.8) is 0 Å². The van der Waals surface area contributed by atoms with Crippen LogP contribution in [0.15, 0.2) is 42.4 Å². The van der Waals surface area contributed by atoms with E-state index in [1.807, 2.05) is 0 Å². The molecule has 4 rings (SSSR count). The Morgan fingerprint density at radius 1 is 1.25 bits per heavy atom. The Hall–Kier alpha value is -3.13. The first-order valence-electron chi connectivity index (χ1n) is 11.7. The molecule has 1 atom stereocenters. The van der Waals surface area contributed by atoms with Gasteiger partial charge in [-0.3, -0.25) is 24.5 Å². The fourth-order valence-electron chi connectivity index (χ4n) is 3.62. The smallest absolute Gasteiger partial charge is 0.322 e. The van der Waals surface area contributed by atoms with E-state index >= 15 is 0 Å². The predicted octanol–water partition coefficient (Wildman–Crippen LogP) is 3.39. The Morgan fingerprint density at radius 2 is 1.97 bits per heavy atom. The zero-order valence-corrected chi connectivity index (χ0v) is 17.3. The van der Waals surface area contributed by atoms with Crippen molar-refractivity contribution in [1.82, 2.24) is 10.2 Å². The van der Waals surface area contributed by atoms with Gasteiger partial charge in [-0.25, -0.2) is 0 Å². The Bertz CT molecular complexity index is 1300. The van der Waals surface area contributed by atoms with Crippen LogP contribution in [0.3, 0.4) is 0 Å². The van der Waals surface area contributed by atoms with E-state index in [1.165, 1.54) is 12.1 Å². The molecule has 1 N–H and O–H groups in total. The minimum absolute atomic E-state index is 0.00423. The van der Waals surface area contributed by atoms with Gasteiger partial charge in [0.1, 0.15) is 6.04 Å². The number of nitrogens with one attached hydrogen (secondary N) is 1. The molecule has 0 spiro atoms. The number of aryl methyl sites for hydroxylation is 1. The SMILES string of the molecule is [2H]c1cc(C([2H])([2H])CC(=O)C(F)(F)c2ccc(Cl)cc2)c([2H])c2c1C(=O)N(C1CCC(=O)NC1=O)C2. The summed E-state index contributed by atoms with van der Waals surface area (Å²) in [7, 11) is 0. The highest BCUT2D eigenvalue weighted by Crippen LogP contribution is 2.32. The number of benzene rings is 2. The first kappa shape index (κ1) is 17.4. The van der Waals surface area contributed by atoms with Gasteiger partial charge in [0, 0.05) is 38.3 Å². The summed E-state index contributed by atoms with van der Waals surface area (Å²) in [5.74, 6) is -7.67. The molecule has 0 bridgehead atoms. The second-order valence-corrected chi connectivity index (χ2v) is 7.88. The van der Waals surface area contributed by atoms with Crippen molar-refractivity contribution < 1.29 is 33.4 Å². The third-order valence-corrected chi connectivity index (χ3v) is 5.59. The zero-order chi connectivity index (χ0) is 26.6. The van der Waals surface area contributed by atoms with E-state index in [9.17, 15) is 28.0 Å². The van der Waals surface area contributed by atoms with Gasteiger partial charge in [0.2, 0.25) is 17.6 Å². The number of fused-ring (bicyclic) bond motifs is 1. The number of piperidine rings is 1. The van der Waals surface area contributed by atoms with Gasteiger partial charge in [0.05, 0.1) is 2.74 Å². The number of nitrogens with zero attached hydrogens (tertiary/aromatic N) is 1. The summed E-state index contributed by atoms with van der Waals surface area (Å²) in [6, 6.07) is 3.14. The lowest BCUT2D eigenvalue weighted by molar-refractivity contribution is -0.144. The van der Waals surface area contributed by atoms with Gasteiger partial charge >= 0.3 is 5.92 Å². The highest BCUT2D eigenvalue weighted by molar-refractivity contribution is 6.30. The first-order valence-corrected chi connectivity index (χ1v) is 10.1. The summed E-state index contributed by atoms with van der Waals surface area (Å²) < 4.78 is 62.8. The maximum atomic E-state index is 14.7. The number of ketones is 1. The maximum absolute atomic E-state index is 14.7. The molecule has 0 aliphatic carbocycles. The van der Waals surface area contributed by atoms with Crippen molar-refractivity contribution in [2.45, 2.75) is 44.1 Å². The molecule has 32 heavy (non-hydrogen) atoms. The molecule has 0 radical (unpaired) electrons. The molecular weight excluding hydrogens is 442 g/mol. The highest BCUT2D eigenvalue weighted by atomic mass is 35.5. The van der Waals surface area contributed by atoms with Crippen LogP contribution in [-0.2, 0) is 33.2 Å². The van der Waals surface area contributed by atoms with Crippen molar-refractivity contribution in [3.8, 4) is 0 Å². The second kappa shape index (κ2) is 8.43. The third-order valence-electron chi connectivity index (χ3n) is 5.33. The van der Waals surface area contributed by atoms with Crippen molar-refractivity contribution in [1.29, 1.82) is 0 Å². The lowest BCUT2D eigenvalue weighted by Crippen LogP contribution is -2.52. The van der Waals surface area contributed by atoms with Gasteiger partial charge in [0.15, 0.2) is 0 Å². The number of hydrogen-bond donors (Lipinski definition) is 1. The quantitative estimate of drug-likeness (QED) is 0.664. The number of hydrogen-bond acceptors (Lipinski definition) is 4. The molecule has 2 aliphatic rings. The first-order chi connectivity index (χ1) is 16.7. The Morgan fingerprint density at radius 3 is 2.66 bits per heavy atom. The summed E-state index contributed by atoms with van der Waals surface area (Å²) in [4.78, 5) is 50.2. The number of alkyl halides is 2. The summed E-state index contributed by atoms with van der Waals surface area (Å²) >= 11 is 5.70. The molecule has 0 saturated carbocycles. The van der Waals surface area contributed by atoms with Crippen molar-refractivity contribution in [3.05, 3.63) is 69.7 Å². The third kappa shape index (κ3) is 4.14. The van der Waals surface area contributed by atoms with Crippen LogP contribution in [0.4, 0.5) is 8.78 Å². The van der Waals surface area contributed by atoms with Crippen LogP contribution >= 0.6 is 11.6 Å². The summed E-state index contributed by atoms with van der Waals surface area (Å²) in [5.41, 5.74) is -1.42. The number of halogens is 3. The van der Waals surface area contributed by atoms with Gasteiger partial charge in [-0.2, -0.15) is 8.78 Å². The van der Waals surface area contributed by atoms with Crippen LogP contribution in [0.2, 0.25) is 5.02 Å². The molecule has 2 aliphatic heterocycles. The van der Waals surface area contributed by atoms with Crippen LogP contribution < -0.4 is 5.32 Å². The topological polar surface area (TPSA) is 83.6 Å². The minimum Gasteiger partial charge on any atom is -0.322 e.